The molecule has 20 nitrogen and oxygen atoms in total. The zero-order valence-corrected chi connectivity index (χ0v) is 44.2. The minimum atomic E-state index is -1.10. The molecule has 1 saturated heterocycles. The van der Waals surface area contributed by atoms with Crippen LogP contribution >= 0.6 is 70.0 Å². The fraction of sp³-hybridized carbons (Fsp3) is 0.217. The fourth-order valence-corrected chi connectivity index (χ4v) is 7.26. The highest BCUT2D eigenvalue weighted by Gasteiger charge is 2.17. The molecule has 1 N–H and O–H groups in total. The summed E-state index contributed by atoms with van der Waals surface area (Å²) in [5.74, 6) is -0.345. The van der Waals surface area contributed by atoms with Gasteiger partial charge in [-0.2, -0.15) is 29.7 Å². The number of nitro benzene ring substituents is 2. The molecular weight excluding hydrogens is 1100 g/mol. The third kappa shape index (κ3) is 20.9. The summed E-state index contributed by atoms with van der Waals surface area (Å²) in [6.45, 7) is 12.1. The number of phenolic OH excluding ortho intramolecular Hbond substituents is 1. The highest BCUT2D eigenvalue weighted by Crippen LogP contribution is 2.38. The van der Waals surface area contributed by atoms with Crippen LogP contribution < -0.4 is 31.5 Å². The summed E-state index contributed by atoms with van der Waals surface area (Å²) in [5.41, 5.74) is 1.36. The number of halogens is 5. The molecule has 3 aromatic heterocycles. The number of benzene rings is 4. The number of non-ortho nitro benzene ring substituents is 2. The smallest absolute Gasteiger partial charge is 0.539 e. The van der Waals surface area contributed by atoms with Crippen LogP contribution in [0.5, 0.6) is 11.5 Å². The average Bonchev–Trinajstić information content (AvgIpc) is 4.09. The van der Waals surface area contributed by atoms with Crippen molar-refractivity contribution >= 4 is 115 Å². The van der Waals surface area contributed by atoms with Gasteiger partial charge >= 0.3 is 15.9 Å². The van der Waals surface area contributed by atoms with Gasteiger partial charge in [0.2, 0.25) is 6.20 Å². The molecule has 0 atom stereocenters. The molecule has 0 bridgehead atoms. The second-order valence-electron chi connectivity index (χ2n) is 14.0. The molecule has 1 aliphatic heterocycles. The van der Waals surface area contributed by atoms with Gasteiger partial charge in [0.15, 0.2) is 11.5 Å². The summed E-state index contributed by atoms with van der Waals surface area (Å²) in [4.78, 5) is 50.6. The van der Waals surface area contributed by atoms with Gasteiger partial charge in [-0.05, 0) is 99.2 Å². The topological polar surface area (TPSA) is 243 Å². The van der Waals surface area contributed by atoms with Crippen LogP contribution in [0.25, 0.3) is 4.83 Å². The summed E-state index contributed by atoms with van der Waals surface area (Å²) >= 11 is 29.9. The summed E-state index contributed by atoms with van der Waals surface area (Å²) < 4.78 is 17.5. The van der Waals surface area contributed by atoms with E-state index in [1.54, 1.807) is 24.4 Å². The second-order valence-corrected chi connectivity index (χ2v) is 17.0. The lowest BCUT2D eigenvalue weighted by Crippen LogP contribution is -3.00. The fourth-order valence-electron chi connectivity index (χ4n) is 5.43. The Bertz CT molecular complexity index is 2990. The predicted octanol–water partition coefficient (Wildman–Crippen LogP) is 11.1. The zero-order chi connectivity index (χ0) is 52.6. The van der Waals surface area contributed by atoms with E-state index in [0.717, 1.165) is 34.1 Å². The van der Waals surface area contributed by atoms with Crippen LogP contribution in [-0.4, -0.2) is 63.6 Å². The SMILES string of the molecule is C1CCOC1.CCN(CC)CC.O=C(Oc1c(Cl)cc(N=Nc2ccc([N+](=O)[O-])cc2)cc1Cl)On1ccccc1=S.O=[N+]([O-])c1ccc(N=Nc2cc(Cl)c(O)c(Cl)c2)cc1.O=c1o[n+]2ccccc2s1.[Cl-]. The Labute approximate surface area is 452 Å². The van der Waals surface area contributed by atoms with E-state index < -0.39 is 16.0 Å². The first-order valence-electron chi connectivity index (χ1n) is 21.3. The van der Waals surface area contributed by atoms with Crippen molar-refractivity contribution in [2.75, 3.05) is 32.8 Å². The lowest BCUT2D eigenvalue weighted by atomic mass is 10.3. The molecule has 4 heterocycles. The Morgan fingerprint density at radius 2 is 1.22 bits per heavy atom. The number of carbonyl (C=O) groups excluding carboxylic acids is 1. The Kier molecular flexibility index (Phi) is 26.6. The van der Waals surface area contributed by atoms with Crippen LogP contribution in [0.2, 0.25) is 20.1 Å². The maximum atomic E-state index is 12.0. The van der Waals surface area contributed by atoms with Crippen LogP contribution in [-0.2, 0) is 4.74 Å². The minimum absolute atomic E-state index is 0. The standard InChI is InChI=1S/C18H10Cl2N4O5S.C12H7Cl2N3O3.C6H4NO2S.C6H15N.C4H8O.ClH/c19-14-9-12(22-21-11-4-6-13(7-5-11)24(26)27)10-15(20)17(14)28-18(25)29-23-8-2-1-3-16(23)30;13-10-5-8(6-11(14)12(10)18)16-15-7-1-3-9(4-2-7)17(19)20;8-6-9-7-4-2-1-3-5(7)10-6;1-4-7(5-2)6-3;1-2-4-5-3-1;/h1-10H;1-6,18H;1-4H;4-6H2,1-3H3;1-4H2;1H/q;;+1;;;/p-1. The number of aromatic hydroxyl groups is 1. The first kappa shape index (κ1) is 60.8. The second kappa shape index (κ2) is 31.9. The summed E-state index contributed by atoms with van der Waals surface area (Å²) in [6.07, 6.45) is 4.60. The monoisotopic (exact) mass is 1140 g/mol. The minimum Gasteiger partial charge on any atom is -1.00 e. The molecule has 27 heteroatoms. The van der Waals surface area contributed by atoms with Gasteiger partial charge in [0.25, 0.3) is 11.4 Å². The van der Waals surface area contributed by atoms with Gasteiger partial charge in [-0.1, -0.05) is 85.5 Å². The van der Waals surface area contributed by atoms with Gasteiger partial charge in [-0.25, -0.2) is 9.59 Å². The normalized spacial score (nSPS) is 11.5. The highest BCUT2D eigenvalue weighted by atomic mass is 35.5. The van der Waals surface area contributed by atoms with E-state index in [4.69, 9.17) is 77.5 Å². The Morgan fingerprint density at radius 1 is 0.753 bits per heavy atom. The van der Waals surface area contributed by atoms with E-state index in [-0.39, 0.29) is 70.6 Å². The van der Waals surface area contributed by atoms with E-state index in [0.29, 0.717) is 17.1 Å². The third-order valence-corrected chi connectivity index (χ3v) is 11.4. The number of carbonyl (C=O) groups is 1. The van der Waals surface area contributed by atoms with E-state index in [1.807, 2.05) is 18.2 Å². The summed E-state index contributed by atoms with van der Waals surface area (Å²) in [5, 5.41) is 46.4. The number of nitro groups is 2. The number of fused-ring (bicyclic) bond motifs is 1. The van der Waals surface area contributed by atoms with Gasteiger partial charge in [0.1, 0.15) is 4.64 Å². The van der Waals surface area contributed by atoms with Crippen molar-refractivity contribution in [2.24, 2.45) is 20.5 Å². The number of phenols is 1. The van der Waals surface area contributed by atoms with Crippen molar-refractivity contribution in [3.63, 3.8) is 0 Å². The maximum absolute atomic E-state index is 12.0. The molecule has 1 aliphatic rings. The average molecular weight is 1140 g/mol. The summed E-state index contributed by atoms with van der Waals surface area (Å²) in [7, 11) is 0. The van der Waals surface area contributed by atoms with Gasteiger partial charge in [-0.3, -0.25) is 20.2 Å². The van der Waals surface area contributed by atoms with Crippen molar-refractivity contribution in [2.45, 2.75) is 33.6 Å². The van der Waals surface area contributed by atoms with Crippen molar-refractivity contribution in [1.82, 2.24) is 9.63 Å². The van der Waals surface area contributed by atoms with Crippen LogP contribution in [0, 0.1) is 24.9 Å². The van der Waals surface area contributed by atoms with Crippen molar-refractivity contribution in [3.8, 4) is 11.5 Å². The zero-order valence-electron chi connectivity index (χ0n) is 38.8. The van der Waals surface area contributed by atoms with Crippen LogP contribution in [0.15, 0.2) is 151 Å². The number of hydrogen-bond acceptors (Lipinski definition) is 18. The molecule has 386 valence electrons. The van der Waals surface area contributed by atoms with Gasteiger partial charge in [0, 0.05) is 71.7 Å². The molecule has 0 radical (unpaired) electrons. The molecular formula is C46H44Cl5N9O11S2. The maximum Gasteiger partial charge on any atom is 0.539 e. The highest BCUT2D eigenvalue weighted by molar-refractivity contribution is 7.71. The number of rotatable bonds is 11. The molecule has 0 spiro atoms. The van der Waals surface area contributed by atoms with E-state index >= 15 is 0 Å². The number of azo groups is 2. The molecule has 0 aliphatic carbocycles. The Balaban J connectivity index is 0.000000277. The molecule has 7 aromatic rings. The van der Waals surface area contributed by atoms with Crippen LogP contribution in [0.3, 0.4) is 0 Å². The first-order valence-corrected chi connectivity index (χ1v) is 24.0. The third-order valence-electron chi connectivity index (χ3n) is 9.13. The van der Waals surface area contributed by atoms with Gasteiger partial charge in [-0.15, -0.1) is 0 Å². The number of ether oxygens (including phenoxy) is 2. The molecule has 0 unspecified atom stereocenters. The summed E-state index contributed by atoms with van der Waals surface area (Å²) in [6, 6.07) is 27.0. The van der Waals surface area contributed by atoms with E-state index in [1.165, 1.54) is 116 Å². The number of aromatic nitrogens is 2. The van der Waals surface area contributed by atoms with Crippen molar-refractivity contribution in [3.05, 3.63) is 176 Å². The molecule has 73 heavy (non-hydrogen) atoms. The molecule has 8 rings (SSSR count). The lowest BCUT2D eigenvalue weighted by molar-refractivity contribution is -0.719. The molecule has 1 fully saturated rings. The number of hydrogen-bond donors (Lipinski definition) is 1. The predicted molar refractivity (Wildman–Crippen MR) is 277 cm³/mol. The van der Waals surface area contributed by atoms with E-state index in [9.17, 15) is 34.9 Å². The number of nitrogens with zero attached hydrogens (tertiary/aromatic N) is 9. The largest absolute Gasteiger partial charge is 1.00 e. The van der Waals surface area contributed by atoms with Crippen molar-refractivity contribution in [1.29, 1.82) is 0 Å². The van der Waals surface area contributed by atoms with Gasteiger partial charge < -0.3 is 36.7 Å². The van der Waals surface area contributed by atoms with Crippen molar-refractivity contribution < 1.29 is 55.6 Å². The quantitative estimate of drug-likeness (QED) is 0.0241. The molecule has 0 amide bonds. The molecule has 4 aromatic carbocycles. The Morgan fingerprint density at radius 3 is 1.63 bits per heavy atom. The lowest BCUT2D eigenvalue weighted by Gasteiger charge is -2.13. The van der Waals surface area contributed by atoms with Crippen LogP contribution in [0.4, 0.5) is 38.9 Å². The Hall–Kier alpha value is -6.47. The van der Waals surface area contributed by atoms with Gasteiger partial charge in [0.05, 0.1) is 52.7 Å². The first-order chi connectivity index (χ1) is 34.5. The van der Waals surface area contributed by atoms with Crippen LogP contribution in [0.1, 0.15) is 33.6 Å². The van der Waals surface area contributed by atoms with E-state index in [2.05, 4.69) is 46.1 Å². The number of pyridine rings is 2. The molecule has 0 saturated carbocycles.